The minimum Gasteiger partial charge on any atom is -0.497 e. The fourth-order valence-corrected chi connectivity index (χ4v) is 6.12. The van der Waals surface area contributed by atoms with E-state index in [2.05, 4.69) is 67.4 Å². The Bertz CT molecular complexity index is 983. The standard InChI is InChI=1S/C25H32N2OS2/c1-25(2,3)24-26-22-15-21(30-17-19-5-7-20(28-4)8-6-19)9-10-23(22)27(24)16-18-11-13-29-14-12-18/h5-10,15,18H,11-14,16-17H2,1-4H3. The summed E-state index contributed by atoms with van der Waals surface area (Å²) in [5, 5.41) is 0. The molecule has 2 heterocycles. The highest BCUT2D eigenvalue weighted by Gasteiger charge is 2.25. The summed E-state index contributed by atoms with van der Waals surface area (Å²) in [6.07, 6.45) is 2.65. The Morgan fingerprint density at radius 1 is 1.10 bits per heavy atom. The predicted molar refractivity (Wildman–Crippen MR) is 131 cm³/mol. The Morgan fingerprint density at radius 2 is 1.83 bits per heavy atom. The summed E-state index contributed by atoms with van der Waals surface area (Å²) in [6, 6.07) is 15.1. The van der Waals surface area contributed by atoms with Crippen molar-refractivity contribution in [2.24, 2.45) is 5.92 Å². The third-order valence-electron chi connectivity index (χ3n) is 5.74. The number of ether oxygens (including phenoxy) is 1. The van der Waals surface area contributed by atoms with Gasteiger partial charge in [0.2, 0.25) is 0 Å². The number of rotatable bonds is 6. The molecule has 1 aliphatic rings. The second-order valence-corrected chi connectivity index (χ2v) is 11.4. The maximum Gasteiger partial charge on any atom is 0.118 e. The Balaban J connectivity index is 1.57. The molecule has 0 saturated carbocycles. The van der Waals surface area contributed by atoms with Gasteiger partial charge in [-0.15, -0.1) is 11.8 Å². The smallest absolute Gasteiger partial charge is 0.118 e. The first-order chi connectivity index (χ1) is 14.4. The normalized spacial score (nSPS) is 15.6. The average Bonchev–Trinajstić information content (AvgIpc) is 3.11. The fraction of sp³-hybridized carbons (Fsp3) is 0.480. The molecule has 4 rings (SSSR count). The summed E-state index contributed by atoms with van der Waals surface area (Å²) in [4.78, 5) is 6.39. The van der Waals surface area contributed by atoms with E-state index >= 15 is 0 Å². The van der Waals surface area contributed by atoms with Gasteiger partial charge in [-0.3, -0.25) is 0 Å². The number of thioether (sulfide) groups is 2. The number of methoxy groups -OCH3 is 1. The number of hydrogen-bond donors (Lipinski definition) is 0. The van der Waals surface area contributed by atoms with Crippen molar-refractivity contribution in [3.63, 3.8) is 0 Å². The lowest BCUT2D eigenvalue weighted by Crippen LogP contribution is -2.23. The molecular formula is C25H32N2OS2. The number of benzene rings is 2. The molecule has 1 fully saturated rings. The Labute approximate surface area is 189 Å². The van der Waals surface area contributed by atoms with E-state index in [9.17, 15) is 0 Å². The van der Waals surface area contributed by atoms with Crippen LogP contribution in [0.25, 0.3) is 11.0 Å². The van der Waals surface area contributed by atoms with Gasteiger partial charge in [-0.05, 0) is 66.2 Å². The fourth-order valence-electron chi connectivity index (χ4n) is 4.03. The number of fused-ring (bicyclic) bond motifs is 1. The first-order valence-electron chi connectivity index (χ1n) is 10.8. The Morgan fingerprint density at radius 3 is 2.50 bits per heavy atom. The van der Waals surface area contributed by atoms with Crippen molar-refractivity contribution in [1.82, 2.24) is 9.55 Å². The summed E-state index contributed by atoms with van der Waals surface area (Å²) < 4.78 is 7.76. The van der Waals surface area contributed by atoms with Gasteiger partial charge in [-0.25, -0.2) is 4.98 Å². The zero-order valence-electron chi connectivity index (χ0n) is 18.5. The molecule has 160 valence electrons. The minimum absolute atomic E-state index is 0.0405. The predicted octanol–water partition coefficient (Wildman–Crippen LogP) is 6.78. The summed E-state index contributed by atoms with van der Waals surface area (Å²) in [6.45, 7) is 7.93. The molecule has 0 atom stereocenters. The van der Waals surface area contributed by atoms with Gasteiger partial charge in [0.05, 0.1) is 18.1 Å². The van der Waals surface area contributed by atoms with Crippen molar-refractivity contribution < 1.29 is 4.74 Å². The van der Waals surface area contributed by atoms with Crippen LogP contribution in [-0.4, -0.2) is 28.2 Å². The lowest BCUT2D eigenvalue weighted by Gasteiger charge is -2.26. The van der Waals surface area contributed by atoms with Crippen LogP contribution in [-0.2, 0) is 17.7 Å². The van der Waals surface area contributed by atoms with Crippen molar-refractivity contribution in [3.8, 4) is 5.75 Å². The first kappa shape index (κ1) is 21.6. The molecule has 3 nitrogen and oxygen atoms in total. The summed E-state index contributed by atoms with van der Waals surface area (Å²) in [5.41, 5.74) is 3.76. The monoisotopic (exact) mass is 440 g/mol. The van der Waals surface area contributed by atoms with Crippen LogP contribution < -0.4 is 4.74 Å². The van der Waals surface area contributed by atoms with Gasteiger partial charge in [0, 0.05) is 22.6 Å². The summed E-state index contributed by atoms with van der Waals surface area (Å²) in [7, 11) is 1.71. The van der Waals surface area contributed by atoms with Gasteiger partial charge in [-0.2, -0.15) is 11.8 Å². The van der Waals surface area contributed by atoms with Crippen LogP contribution in [0.15, 0.2) is 47.4 Å². The topological polar surface area (TPSA) is 27.1 Å². The molecule has 0 aliphatic carbocycles. The third-order valence-corrected chi connectivity index (χ3v) is 7.85. The first-order valence-corrected chi connectivity index (χ1v) is 12.9. The zero-order chi connectivity index (χ0) is 21.1. The molecule has 0 spiro atoms. The number of imidazole rings is 1. The highest BCUT2D eigenvalue weighted by atomic mass is 32.2. The molecule has 0 N–H and O–H groups in total. The molecule has 0 bridgehead atoms. The number of hydrogen-bond acceptors (Lipinski definition) is 4. The average molecular weight is 441 g/mol. The molecule has 1 aliphatic heterocycles. The highest BCUT2D eigenvalue weighted by molar-refractivity contribution is 7.99. The largest absolute Gasteiger partial charge is 0.497 e. The van der Waals surface area contributed by atoms with E-state index in [1.807, 2.05) is 23.9 Å². The van der Waals surface area contributed by atoms with Crippen molar-refractivity contribution in [2.45, 2.75) is 56.2 Å². The van der Waals surface area contributed by atoms with Gasteiger partial charge < -0.3 is 9.30 Å². The van der Waals surface area contributed by atoms with E-state index in [0.717, 1.165) is 29.5 Å². The molecular weight excluding hydrogens is 408 g/mol. The molecule has 1 aromatic heterocycles. The van der Waals surface area contributed by atoms with Crippen LogP contribution in [0.2, 0.25) is 0 Å². The number of aromatic nitrogens is 2. The zero-order valence-corrected chi connectivity index (χ0v) is 20.1. The van der Waals surface area contributed by atoms with E-state index in [-0.39, 0.29) is 5.41 Å². The van der Waals surface area contributed by atoms with E-state index in [1.165, 1.54) is 46.1 Å². The Kier molecular flexibility index (Phi) is 6.69. The maximum absolute atomic E-state index is 5.26. The van der Waals surface area contributed by atoms with Gasteiger partial charge in [-0.1, -0.05) is 32.9 Å². The van der Waals surface area contributed by atoms with Crippen molar-refractivity contribution >= 4 is 34.6 Å². The summed E-state index contributed by atoms with van der Waals surface area (Å²) in [5.74, 6) is 6.44. The van der Waals surface area contributed by atoms with Crippen LogP contribution in [0.4, 0.5) is 0 Å². The van der Waals surface area contributed by atoms with Gasteiger partial charge >= 0.3 is 0 Å². The highest BCUT2D eigenvalue weighted by Crippen LogP contribution is 2.33. The molecule has 5 heteroatoms. The summed E-state index contributed by atoms with van der Waals surface area (Å²) >= 11 is 3.96. The lowest BCUT2D eigenvalue weighted by molar-refractivity contribution is 0.395. The molecule has 30 heavy (non-hydrogen) atoms. The SMILES string of the molecule is COc1ccc(CSc2ccc3c(c2)nc(C(C)(C)C)n3CC2CCSCC2)cc1. The van der Waals surface area contributed by atoms with E-state index in [1.54, 1.807) is 7.11 Å². The van der Waals surface area contributed by atoms with Gasteiger partial charge in [0.15, 0.2) is 0 Å². The van der Waals surface area contributed by atoms with E-state index in [0.29, 0.717) is 0 Å². The second kappa shape index (κ2) is 9.27. The second-order valence-electron chi connectivity index (χ2n) is 9.14. The van der Waals surface area contributed by atoms with Crippen molar-refractivity contribution in [1.29, 1.82) is 0 Å². The minimum atomic E-state index is 0.0405. The van der Waals surface area contributed by atoms with E-state index in [4.69, 9.17) is 9.72 Å². The molecule has 0 unspecified atom stereocenters. The van der Waals surface area contributed by atoms with Gasteiger partial charge in [0.1, 0.15) is 11.6 Å². The quantitative estimate of drug-likeness (QED) is 0.395. The van der Waals surface area contributed by atoms with E-state index < -0.39 is 0 Å². The Hall–Kier alpha value is -1.59. The van der Waals surface area contributed by atoms with Gasteiger partial charge in [0.25, 0.3) is 0 Å². The molecule has 2 aromatic carbocycles. The maximum atomic E-state index is 5.26. The molecule has 0 radical (unpaired) electrons. The molecule has 3 aromatic rings. The van der Waals surface area contributed by atoms with Crippen LogP contribution in [0.1, 0.15) is 45.0 Å². The molecule has 0 amide bonds. The third kappa shape index (κ3) is 5.00. The van der Waals surface area contributed by atoms with Crippen LogP contribution >= 0.6 is 23.5 Å². The van der Waals surface area contributed by atoms with Crippen molar-refractivity contribution in [3.05, 3.63) is 53.9 Å². The number of nitrogens with zero attached hydrogens (tertiary/aromatic N) is 2. The van der Waals surface area contributed by atoms with Crippen LogP contribution in [0.3, 0.4) is 0 Å². The lowest BCUT2D eigenvalue weighted by atomic mass is 9.95. The van der Waals surface area contributed by atoms with Crippen LogP contribution in [0.5, 0.6) is 5.75 Å². The van der Waals surface area contributed by atoms with Crippen molar-refractivity contribution in [2.75, 3.05) is 18.6 Å². The van der Waals surface area contributed by atoms with Crippen LogP contribution in [0, 0.1) is 5.92 Å². The molecule has 1 saturated heterocycles.